The topological polar surface area (TPSA) is 51.1 Å². The summed E-state index contributed by atoms with van der Waals surface area (Å²) in [6.45, 7) is 0.827. The van der Waals surface area contributed by atoms with E-state index in [1.165, 1.54) is 30.3 Å². The highest BCUT2D eigenvalue weighted by Gasteiger charge is 2.08. The van der Waals surface area contributed by atoms with E-state index in [9.17, 15) is 18.4 Å². The third kappa shape index (κ3) is 5.53. The molecular formula is C21H18F2N2O2S. The highest BCUT2D eigenvalue weighted by Crippen LogP contribution is 2.25. The Hall–Kier alpha value is -2.93. The molecule has 0 bridgehead atoms. The summed E-state index contributed by atoms with van der Waals surface area (Å²) in [6.07, 6.45) is 1.74. The summed E-state index contributed by atoms with van der Waals surface area (Å²) in [4.78, 5) is 24.4. The lowest BCUT2D eigenvalue weighted by Crippen LogP contribution is -2.22. The number of thioether (sulfide) groups is 1. The molecule has 0 fully saturated rings. The number of halogens is 2. The Bertz CT molecular complexity index is 986. The van der Waals surface area contributed by atoms with E-state index in [2.05, 4.69) is 5.32 Å². The molecule has 1 heterocycles. The molecule has 1 aromatic heterocycles. The van der Waals surface area contributed by atoms with E-state index < -0.39 is 5.76 Å². The zero-order chi connectivity index (χ0) is 19.9. The minimum atomic E-state index is -2.48. The van der Waals surface area contributed by atoms with E-state index in [0.29, 0.717) is 35.3 Å². The normalized spacial score (nSPS) is 10.8. The smallest absolute Gasteiger partial charge is 0.288 e. The number of hydrogen-bond acceptors (Lipinski definition) is 3. The first-order valence-corrected chi connectivity index (χ1v) is 9.45. The first kappa shape index (κ1) is 19.8. The lowest BCUT2D eigenvalue weighted by molar-refractivity contribution is 0.0951. The van der Waals surface area contributed by atoms with Gasteiger partial charge in [-0.1, -0.05) is 42.1 Å². The Morgan fingerprint density at radius 2 is 1.64 bits per heavy atom. The number of nitrogens with one attached hydrogen (secondary N) is 1. The van der Waals surface area contributed by atoms with Gasteiger partial charge in [0.05, 0.1) is 6.54 Å². The van der Waals surface area contributed by atoms with Crippen LogP contribution in [0.3, 0.4) is 0 Å². The monoisotopic (exact) mass is 400 g/mol. The number of hydrogen-bond donors (Lipinski definition) is 1. The van der Waals surface area contributed by atoms with Crippen molar-refractivity contribution in [1.29, 1.82) is 0 Å². The molecule has 4 nitrogen and oxygen atoms in total. The molecule has 3 aromatic rings. The van der Waals surface area contributed by atoms with Crippen LogP contribution in [0.25, 0.3) is 0 Å². The predicted octanol–water partition coefficient (Wildman–Crippen LogP) is 4.14. The second kappa shape index (κ2) is 9.32. The molecule has 0 atom stereocenters. The fraction of sp³-hybridized carbons (Fsp3) is 0.143. The summed E-state index contributed by atoms with van der Waals surface area (Å²) in [7, 11) is 0. The van der Waals surface area contributed by atoms with Gasteiger partial charge in [-0.3, -0.25) is 9.59 Å². The molecule has 1 amide bonds. The number of aromatic nitrogens is 1. The zero-order valence-electron chi connectivity index (χ0n) is 14.8. The summed E-state index contributed by atoms with van der Waals surface area (Å²) in [6, 6.07) is 18.7. The minimum absolute atomic E-state index is 0.0585. The van der Waals surface area contributed by atoms with Gasteiger partial charge in [0.15, 0.2) is 0 Å². The highest BCUT2D eigenvalue weighted by molar-refractivity contribution is 7.99. The van der Waals surface area contributed by atoms with Crippen molar-refractivity contribution in [2.24, 2.45) is 0 Å². The highest BCUT2D eigenvalue weighted by atomic mass is 32.2. The molecule has 0 radical (unpaired) electrons. The van der Waals surface area contributed by atoms with Crippen molar-refractivity contribution in [2.45, 2.75) is 23.7 Å². The van der Waals surface area contributed by atoms with Gasteiger partial charge < -0.3 is 9.88 Å². The van der Waals surface area contributed by atoms with Gasteiger partial charge in [-0.05, 0) is 41.5 Å². The average Bonchev–Trinajstić information content (AvgIpc) is 2.69. The van der Waals surface area contributed by atoms with Crippen molar-refractivity contribution in [2.75, 3.05) is 0 Å². The predicted molar refractivity (Wildman–Crippen MR) is 106 cm³/mol. The molecule has 0 unspecified atom stereocenters. The fourth-order valence-electron chi connectivity index (χ4n) is 2.62. The van der Waals surface area contributed by atoms with Gasteiger partial charge in [0.1, 0.15) is 0 Å². The second-order valence-electron chi connectivity index (χ2n) is 6.07. The van der Waals surface area contributed by atoms with Gasteiger partial charge in [-0.15, -0.1) is 0 Å². The Morgan fingerprint density at radius 1 is 0.964 bits per heavy atom. The van der Waals surface area contributed by atoms with Crippen LogP contribution in [-0.4, -0.2) is 16.2 Å². The molecule has 28 heavy (non-hydrogen) atoms. The van der Waals surface area contributed by atoms with Crippen LogP contribution in [0.4, 0.5) is 8.78 Å². The maximum absolute atomic E-state index is 12.3. The van der Waals surface area contributed by atoms with E-state index in [0.717, 1.165) is 11.1 Å². The molecule has 144 valence electrons. The van der Waals surface area contributed by atoms with E-state index in [4.69, 9.17) is 0 Å². The third-order valence-corrected chi connectivity index (χ3v) is 4.79. The van der Waals surface area contributed by atoms with Crippen LogP contribution in [0, 0.1) is 0 Å². The van der Waals surface area contributed by atoms with Crippen molar-refractivity contribution in [1.82, 2.24) is 9.88 Å². The molecule has 0 saturated heterocycles. The standard InChI is InChI=1S/C21H18F2N2O2S/c22-21(23)28-18-10-8-17(9-11-18)20(27)24-13-15-4-6-16(7-5-15)14-25-12-2-1-3-19(25)26/h1-12,21H,13-14H2,(H,24,27). The molecule has 0 aliphatic rings. The molecule has 0 saturated carbocycles. The molecule has 0 spiro atoms. The Kier molecular flexibility index (Phi) is 6.60. The molecule has 1 N–H and O–H groups in total. The van der Waals surface area contributed by atoms with Crippen molar-refractivity contribution in [3.8, 4) is 0 Å². The molecule has 3 rings (SSSR count). The van der Waals surface area contributed by atoms with Crippen LogP contribution in [0.5, 0.6) is 0 Å². The summed E-state index contributed by atoms with van der Waals surface area (Å²) in [5.74, 6) is -2.75. The van der Waals surface area contributed by atoms with Crippen LogP contribution < -0.4 is 10.9 Å². The van der Waals surface area contributed by atoms with Crippen molar-refractivity contribution < 1.29 is 13.6 Å². The van der Waals surface area contributed by atoms with Crippen LogP contribution in [-0.2, 0) is 13.1 Å². The largest absolute Gasteiger partial charge is 0.348 e. The zero-order valence-corrected chi connectivity index (χ0v) is 15.7. The van der Waals surface area contributed by atoms with Gasteiger partial charge in [0.25, 0.3) is 17.2 Å². The number of amides is 1. The van der Waals surface area contributed by atoms with Crippen molar-refractivity contribution in [3.05, 3.63) is 100.0 Å². The van der Waals surface area contributed by atoms with Crippen molar-refractivity contribution >= 4 is 17.7 Å². The van der Waals surface area contributed by atoms with Gasteiger partial charge in [-0.25, -0.2) is 0 Å². The summed E-state index contributed by atoms with van der Waals surface area (Å²) in [5, 5.41) is 2.80. The fourth-order valence-corrected chi connectivity index (χ4v) is 3.12. The third-order valence-electron chi connectivity index (χ3n) is 4.07. The molecule has 0 aliphatic carbocycles. The number of benzene rings is 2. The van der Waals surface area contributed by atoms with E-state index >= 15 is 0 Å². The van der Waals surface area contributed by atoms with E-state index in [-0.39, 0.29) is 11.5 Å². The Labute approximate surface area is 165 Å². The first-order valence-electron chi connectivity index (χ1n) is 8.57. The average molecular weight is 400 g/mol. The molecule has 0 aliphatic heterocycles. The Balaban J connectivity index is 1.55. The number of carbonyl (C=O) groups is 1. The first-order chi connectivity index (χ1) is 13.5. The van der Waals surface area contributed by atoms with Gasteiger partial charge >= 0.3 is 0 Å². The Morgan fingerprint density at radius 3 is 2.29 bits per heavy atom. The van der Waals surface area contributed by atoms with Crippen LogP contribution in [0.2, 0.25) is 0 Å². The summed E-state index contributed by atoms with van der Waals surface area (Å²) in [5.41, 5.74) is 2.26. The minimum Gasteiger partial charge on any atom is -0.348 e. The molecule has 2 aromatic carbocycles. The van der Waals surface area contributed by atoms with E-state index in [1.807, 2.05) is 30.3 Å². The molecule has 7 heteroatoms. The van der Waals surface area contributed by atoms with Gasteiger partial charge in [0.2, 0.25) is 0 Å². The number of rotatable bonds is 7. The SMILES string of the molecule is O=C(NCc1ccc(Cn2ccccc2=O)cc1)c1ccc(SC(F)F)cc1. The van der Waals surface area contributed by atoms with E-state index in [1.54, 1.807) is 16.8 Å². The van der Waals surface area contributed by atoms with Crippen molar-refractivity contribution in [3.63, 3.8) is 0 Å². The number of pyridine rings is 1. The summed E-state index contributed by atoms with van der Waals surface area (Å²) < 4.78 is 26.3. The maximum atomic E-state index is 12.3. The van der Waals surface area contributed by atoms with Crippen LogP contribution in [0.1, 0.15) is 21.5 Å². The second-order valence-corrected chi connectivity index (χ2v) is 7.13. The molecular weight excluding hydrogens is 382 g/mol. The van der Waals surface area contributed by atoms with Gasteiger partial charge in [-0.2, -0.15) is 8.78 Å². The maximum Gasteiger partial charge on any atom is 0.288 e. The quantitative estimate of drug-likeness (QED) is 0.607. The lowest BCUT2D eigenvalue weighted by atomic mass is 10.1. The number of alkyl halides is 2. The van der Waals surface area contributed by atoms with Gasteiger partial charge in [0, 0.05) is 29.3 Å². The number of carbonyl (C=O) groups excluding carboxylic acids is 1. The lowest BCUT2D eigenvalue weighted by Gasteiger charge is -2.08. The summed E-state index contributed by atoms with van der Waals surface area (Å²) >= 11 is 0.445. The van der Waals surface area contributed by atoms with Crippen LogP contribution >= 0.6 is 11.8 Å². The van der Waals surface area contributed by atoms with Crippen LogP contribution in [0.15, 0.2) is 82.6 Å². The number of nitrogens with zero attached hydrogens (tertiary/aromatic N) is 1.